The van der Waals surface area contributed by atoms with Gasteiger partial charge >= 0.3 is 0 Å². The van der Waals surface area contributed by atoms with Gasteiger partial charge in [0.05, 0.1) is 13.2 Å². The molecule has 1 N–H and O–H groups in total. The molecule has 2 heterocycles. The van der Waals surface area contributed by atoms with E-state index in [-0.39, 0.29) is 0 Å². The van der Waals surface area contributed by atoms with Crippen LogP contribution in [0.15, 0.2) is 18.2 Å². The monoisotopic (exact) mass is 233 g/mol. The van der Waals surface area contributed by atoms with E-state index in [1.54, 1.807) is 0 Å². The summed E-state index contributed by atoms with van der Waals surface area (Å²) in [6.45, 7) is 4.92. The molecule has 1 fully saturated rings. The Balaban J connectivity index is 1.89. The van der Waals surface area contributed by atoms with E-state index in [1.165, 1.54) is 12.0 Å². The molecule has 2 atom stereocenters. The number of ether oxygens (including phenoxy) is 2. The van der Waals surface area contributed by atoms with Gasteiger partial charge in [0.25, 0.3) is 0 Å². The lowest BCUT2D eigenvalue weighted by molar-refractivity contribution is 0.297. The highest BCUT2D eigenvalue weighted by Crippen LogP contribution is 2.36. The van der Waals surface area contributed by atoms with Crippen LogP contribution < -0.4 is 14.8 Å². The minimum Gasteiger partial charge on any atom is -0.490 e. The van der Waals surface area contributed by atoms with E-state index >= 15 is 0 Å². The molecule has 3 heteroatoms. The fourth-order valence-corrected chi connectivity index (χ4v) is 2.65. The van der Waals surface area contributed by atoms with Gasteiger partial charge in [0, 0.05) is 12.5 Å². The van der Waals surface area contributed by atoms with Crippen LogP contribution in [0.5, 0.6) is 11.5 Å². The van der Waals surface area contributed by atoms with E-state index in [0.717, 1.165) is 37.7 Å². The second-order valence-electron chi connectivity index (χ2n) is 4.95. The molecule has 17 heavy (non-hydrogen) atoms. The Kier molecular flexibility index (Phi) is 2.93. The van der Waals surface area contributed by atoms with Gasteiger partial charge in [0.2, 0.25) is 0 Å². The number of benzene rings is 1. The van der Waals surface area contributed by atoms with Crippen molar-refractivity contribution in [3.63, 3.8) is 0 Å². The molecule has 0 bridgehead atoms. The van der Waals surface area contributed by atoms with Crippen LogP contribution in [-0.2, 0) is 0 Å². The Labute approximate surface area is 102 Å². The maximum atomic E-state index is 5.73. The van der Waals surface area contributed by atoms with Crippen molar-refractivity contribution in [1.29, 1.82) is 0 Å². The van der Waals surface area contributed by atoms with Crippen LogP contribution in [0.4, 0.5) is 0 Å². The van der Waals surface area contributed by atoms with Crippen molar-refractivity contribution in [2.75, 3.05) is 19.8 Å². The lowest BCUT2D eigenvalue weighted by Gasteiger charge is -2.17. The molecule has 2 unspecified atom stereocenters. The molecule has 0 radical (unpaired) electrons. The van der Waals surface area contributed by atoms with Crippen molar-refractivity contribution in [3.8, 4) is 11.5 Å². The maximum Gasteiger partial charge on any atom is 0.161 e. The molecule has 2 aliphatic rings. The molecule has 3 nitrogen and oxygen atoms in total. The van der Waals surface area contributed by atoms with Crippen LogP contribution in [0, 0.1) is 5.92 Å². The topological polar surface area (TPSA) is 30.5 Å². The van der Waals surface area contributed by atoms with Crippen molar-refractivity contribution in [3.05, 3.63) is 23.8 Å². The summed E-state index contributed by atoms with van der Waals surface area (Å²) in [5.41, 5.74) is 1.32. The second-order valence-corrected chi connectivity index (χ2v) is 4.95. The van der Waals surface area contributed by atoms with E-state index in [9.17, 15) is 0 Å². The van der Waals surface area contributed by atoms with Gasteiger partial charge in [-0.1, -0.05) is 13.0 Å². The summed E-state index contributed by atoms with van der Waals surface area (Å²) in [4.78, 5) is 0. The van der Waals surface area contributed by atoms with Crippen LogP contribution in [0.2, 0.25) is 0 Å². The number of fused-ring (bicyclic) bond motifs is 1. The first-order valence-electron chi connectivity index (χ1n) is 6.47. The Morgan fingerprint density at radius 2 is 2.00 bits per heavy atom. The van der Waals surface area contributed by atoms with E-state index < -0.39 is 0 Å². The minimum absolute atomic E-state index is 0.465. The quantitative estimate of drug-likeness (QED) is 0.808. The van der Waals surface area contributed by atoms with Crippen molar-refractivity contribution in [2.24, 2.45) is 5.92 Å². The minimum atomic E-state index is 0.465. The molecule has 0 spiro atoms. The average molecular weight is 233 g/mol. The average Bonchev–Trinajstić information content (AvgIpc) is 2.64. The Hall–Kier alpha value is -1.22. The van der Waals surface area contributed by atoms with E-state index in [4.69, 9.17) is 9.47 Å². The summed E-state index contributed by atoms with van der Waals surface area (Å²) in [5.74, 6) is 2.48. The molecule has 0 aromatic heterocycles. The third-order valence-electron chi connectivity index (χ3n) is 3.66. The maximum absolute atomic E-state index is 5.73. The summed E-state index contributed by atoms with van der Waals surface area (Å²) in [7, 11) is 0. The number of rotatable bonds is 1. The predicted molar refractivity (Wildman–Crippen MR) is 66.6 cm³/mol. The van der Waals surface area contributed by atoms with Crippen LogP contribution >= 0.6 is 0 Å². The summed E-state index contributed by atoms with van der Waals surface area (Å²) in [6.07, 6.45) is 2.21. The van der Waals surface area contributed by atoms with Gasteiger partial charge in [0.1, 0.15) is 0 Å². The van der Waals surface area contributed by atoms with E-state index in [2.05, 4.69) is 24.4 Å². The largest absolute Gasteiger partial charge is 0.490 e. The first-order chi connectivity index (χ1) is 8.34. The molecule has 0 saturated carbocycles. The SMILES string of the molecule is CC1CCNC1c1ccc2c(c1)OCCCO2. The fourth-order valence-electron chi connectivity index (χ4n) is 2.65. The number of hydrogen-bond donors (Lipinski definition) is 1. The zero-order chi connectivity index (χ0) is 11.7. The summed E-state index contributed by atoms with van der Waals surface area (Å²) in [5, 5.41) is 3.55. The van der Waals surface area contributed by atoms with Gasteiger partial charge < -0.3 is 14.8 Å². The molecule has 2 aliphatic heterocycles. The van der Waals surface area contributed by atoms with Crippen molar-refractivity contribution >= 4 is 0 Å². The number of hydrogen-bond acceptors (Lipinski definition) is 3. The first-order valence-corrected chi connectivity index (χ1v) is 6.47. The molecule has 3 rings (SSSR count). The summed E-state index contributed by atoms with van der Waals surface area (Å²) in [6, 6.07) is 6.81. The van der Waals surface area contributed by atoms with Gasteiger partial charge in [-0.05, 0) is 36.6 Å². The zero-order valence-electron chi connectivity index (χ0n) is 10.2. The fraction of sp³-hybridized carbons (Fsp3) is 0.571. The van der Waals surface area contributed by atoms with Gasteiger partial charge in [-0.15, -0.1) is 0 Å². The third kappa shape index (κ3) is 2.12. The normalized spacial score (nSPS) is 27.8. The van der Waals surface area contributed by atoms with Crippen molar-refractivity contribution < 1.29 is 9.47 Å². The van der Waals surface area contributed by atoms with Crippen molar-refractivity contribution in [1.82, 2.24) is 5.32 Å². The lowest BCUT2D eigenvalue weighted by atomic mass is 9.96. The summed E-state index contributed by atoms with van der Waals surface area (Å²) < 4.78 is 11.4. The molecule has 1 aromatic carbocycles. The molecular weight excluding hydrogens is 214 g/mol. The van der Waals surface area contributed by atoms with E-state index in [0.29, 0.717) is 12.0 Å². The van der Waals surface area contributed by atoms with Gasteiger partial charge in [0.15, 0.2) is 11.5 Å². The van der Waals surface area contributed by atoms with Crippen LogP contribution in [0.25, 0.3) is 0 Å². The van der Waals surface area contributed by atoms with E-state index in [1.807, 2.05) is 6.07 Å². The Bertz CT molecular complexity index is 405. The Morgan fingerprint density at radius 3 is 2.76 bits per heavy atom. The van der Waals surface area contributed by atoms with Crippen LogP contribution in [0.3, 0.4) is 0 Å². The molecule has 92 valence electrons. The highest BCUT2D eigenvalue weighted by Gasteiger charge is 2.25. The number of nitrogens with one attached hydrogen (secondary N) is 1. The second kappa shape index (κ2) is 4.57. The molecule has 1 aromatic rings. The predicted octanol–water partition coefficient (Wildman–Crippen LogP) is 2.52. The summed E-state index contributed by atoms with van der Waals surface area (Å²) >= 11 is 0. The van der Waals surface area contributed by atoms with Gasteiger partial charge in [-0.3, -0.25) is 0 Å². The standard InChI is InChI=1S/C14H19NO2/c1-10-5-6-15-14(10)11-3-4-12-13(9-11)17-8-2-7-16-12/h3-4,9-10,14-15H,2,5-8H2,1H3. The lowest BCUT2D eigenvalue weighted by Crippen LogP contribution is -2.16. The first kappa shape index (κ1) is 10.9. The molecule has 0 amide bonds. The molecule has 0 aliphatic carbocycles. The van der Waals surface area contributed by atoms with Crippen molar-refractivity contribution in [2.45, 2.75) is 25.8 Å². The van der Waals surface area contributed by atoms with Crippen LogP contribution in [-0.4, -0.2) is 19.8 Å². The highest BCUT2D eigenvalue weighted by atomic mass is 16.5. The van der Waals surface area contributed by atoms with Gasteiger partial charge in [-0.25, -0.2) is 0 Å². The molecular formula is C14H19NO2. The van der Waals surface area contributed by atoms with Gasteiger partial charge in [-0.2, -0.15) is 0 Å². The third-order valence-corrected chi connectivity index (χ3v) is 3.66. The Morgan fingerprint density at radius 1 is 1.18 bits per heavy atom. The smallest absolute Gasteiger partial charge is 0.161 e. The highest BCUT2D eigenvalue weighted by molar-refractivity contribution is 5.44. The molecule has 1 saturated heterocycles. The zero-order valence-corrected chi connectivity index (χ0v) is 10.2. The van der Waals surface area contributed by atoms with Crippen LogP contribution in [0.1, 0.15) is 31.4 Å².